The fourth-order valence-electron chi connectivity index (χ4n) is 1.67. The van der Waals surface area contributed by atoms with Gasteiger partial charge >= 0.3 is 0 Å². The molecule has 1 rings (SSSR count). The highest BCUT2D eigenvalue weighted by molar-refractivity contribution is 5.84. The third-order valence-corrected chi connectivity index (χ3v) is 2.73. The summed E-state index contributed by atoms with van der Waals surface area (Å²) < 4.78 is 0. The molecule has 16 heavy (non-hydrogen) atoms. The van der Waals surface area contributed by atoms with Crippen LogP contribution >= 0.6 is 0 Å². The minimum Gasteiger partial charge on any atom is -0.342 e. The van der Waals surface area contributed by atoms with Gasteiger partial charge in [-0.05, 0) is 6.42 Å². The Kier molecular flexibility index (Phi) is 5.63. The molecule has 1 aliphatic heterocycles. The summed E-state index contributed by atoms with van der Waals surface area (Å²) in [4.78, 5) is 24.8. The molecule has 0 aromatic heterocycles. The van der Waals surface area contributed by atoms with E-state index in [1.807, 2.05) is 11.8 Å². The van der Waals surface area contributed by atoms with Gasteiger partial charge in [0.25, 0.3) is 0 Å². The monoisotopic (exact) mass is 221 g/mol. The summed E-state index contributed by atoms with van der Waals surface area (Å²) in [5, 5.41) is 0. The van der Waals surface area contributed by atoms with Crippen molar-refractivity contribution in [2.24, 2.45) is 0 Å². The second-order valence-electron chi connectivity index (χ2n) is 3.98. The zero-order chi connectivity index (χ0) is 11.8. The molecular weight excluding hydrogens is 202 g/mol. The van der Waals surface area contributed by atoms with Gasteiger partial charge < -0.3 is 4.90 Å². The first-order chi connectivity index (χ1) is 7.74. The first-order valence-electron chi connectivity index (χ1n) is 5.99. The van der Waals surface area contributed by atoms with Gasteiger partial charge in [-0.15, -0.1) is 11.8 Å². The summed E-state index contributed by atoms with van der Waals surface area (Å²) in [6, 6.07) is 0. The van der Waals surface area contributed by atoms with Gasteiger partial charge in [0.2, 0.25) is 5.91 Å². The van der Waals surface area contributed by atoms with Gasteiger partial charge in [0.05, 0.1) is 0 Å². The van der Waals surface area contributed by atoms with Crippen LogP contribution in [0.2, 0.25) is 0 Å². The van der Waals surface area contributed by atoms with E-state index < -0.39 is 0 Å². The number of hydrogen-bond donors (Lipinski definition) is 0. The van der Waals surface area contributed by atoms with Gasteiger partial charge in [-0.2, -0.15) is 0 Å². The molecule has 0 saturated carbocycles. The van der Waals surface area contributed by atoms with Gasteiger partial charge in [-0.3, -0.25) is 9.59 Å². The molecule has 0 fully saturated rings. The van der Waals surface area contributed by atoms with E-state index in [9.17, 15) is 9.59 Å². The van der Waals surface area contributed by atoms with Crippen LogP contribution < -0.4 is 0 Å². The van der Waals surface area contributed by atoms with Crippen LogP contribution in [0.1, 0.15) is 45.4 Å². The lowest BCUT2D eigenvalue weighted by Crippen LogP contribution is -2.33. The maximum absolute atomic E-state index is 11.8. The third kappa shape index (κ3) is 4.48. The molecule has 0 spiro atoms. The van der Waals surface area contributed by atoms with Crippen LogP contribution in [0.15, 0.2) is 0 Å². The molecule has 1 heterocycles. The molecule has 0 unspecified atom stereocenters. The molecule has 0 aliphatic carbocycles. The predicted octanol–water partition coefficient (Wildman–Crippen LogP) is 1.76. The van der Waals surface area contributed by atoms with E-state index in [0.717, 1.165) is 25.8 Å². The summed E-state index contributed by atoms with van der Waals surface area (Å²) in [7, 11) is 0. The quantitative estimate of drug-likeness (QED) is 0.678. The molecule has 0 radical (unpaired) electrons. The second kappa shape index (κ2) is 7.05. The van der Waals surface area contributed by atoms with E-state index in [1.165, 1.54) is 0 Å². The maximum atomic E-state index is 11.8. The van der Waals surface area contributed by atoms with Gasteiger partial charge in [-0.1, -0.05) is 6.92 Å². The second-order valence-corrected chi connectivity index (χ2v) is 3.98. The van der Waals surface area contributed by atoms with Crippen molar-refractivity contribution < 1.29 is 9.59 Å². The van der Waals surface area contributed by atoms with Crippen LogP contribution in [0.25, 0.3) is 0 Å². The van der Waals surface area contributed by atoms with Gasteiger partial charge in [-0.25, -0.2) is 0 Å². The molecule has 1 aliphatic rings. The molecule has 0 atom stereocenters. The van der Waals surface area contributed by atoms with Crippen molar-refractivity contribution in [3.63, 3.8) is 0 Å². The lowest BCUT2D eigenvalue weighted by Gasteiger charge is -2.22. The van der Waals surface area contributed by atoms with Gasteiger partial charge in [0, 0.05) is 45.2 Å². The van der Waals surface area contributed by atoms with Crippen molar-refractivity contribution in [3.05, 3.63) is 0 Å². The Morgan fingerprint density at radius 2 is 1.88 bits per heavy atom. The molecular formula is C13H19NO2. The Hall–Kier alpha value is -1.30. The van der Waals surface area contributed by atoms with Crippen molar-refractivity contribution in [3.8, 4) is 11.8 Å². The van der Waals surface area contributed by atoms with Gasteiger partial charge in [0.1, 0.15) is 5.78 Å². The normalized spacial score (nSPS) is 15.7. The van der Waals surface area contributed by atoms with Crippen LogP contribution in [0.3, 0.4) is 0 Å². The fourth-order valence-corrected chi connectivity index (χ4v) is 1.67. The number of Topliss-reactive ketones (excluding diaryl/α,β-unsaturated/α-hetero) is 1. The third-order valence-electron chi connectivity index (χ3n) is 2.73. The highest BCUT2D eigenvalue weighted by Crippen LogP contribution is 2.05. The Balaban J connectivity index is 2.35. The summed E-state index contributed by atoms with van der Waals surface area (Å²) in [5.74, 6) is 6.37. The van der Waals surface area contributed by atoms with E-state index in [1.54, 1.807) is 0 Å². The molecule has 0 saturated heterocycles. The minimum absolute atomic E-state index is 0.102. The lowest BCUT2D eigenvalue weighted by molar-refractivity contribution is -0.133. The van der Waals surface area contributed by atoms with Gasteiger partial charge in [0.15, 0.2) is 0 Å². The Morgan fingerprint density at radius 1 is 1.12 bits per heavy atom. The number of ketones is 1. The SMILES string of the molecule is CCC(=O)CCC(=O)N1CCC#CCCC1. The summed E-state index contributed by atoms with van der Waals surface area (Å²) in [5.41, 5.74) is 0. The molecule has 0 N–H and O–H groups in total. The average molecular weight is 221 g/mol. The maximum Gasteiger partial charge on any atom is 0.223 e. The van der Waals surface area contributed by atoms with Crippen LogP contribution in [-0.2, 0) is 9.59 Å². The van der Waals surface area contributed by atoms with Crippen molar-refractivity contribution >= 4 is 11.7 Å². The summed E-state index contributed by atoms with van der Waals surface area (Å²) >= 11 is 0. The molecule has 0 aromatic rings. The topological polar surface area (TPSA) is 37.4 Å². The zero-order valence-electron chi connectivity index (χ0n) is 9.92. The summed E-state index contributed by atoms with van der Waals surface area (Å²) in [6.45, 7) is 3.33. The van der Waals surface area contributed by atoms with Crippen LogP contribution in [0.4, 0.5) is 0 Å². The first-order valence-corrected chi connectivity index (χ1v) is 5.99. The van der Waals surface area contributed by atoms with E-state index in [4.69, 9.17) is 0 Å². The molecule has 0 aromatic carbocycles. The molecule has 0 bridgehead atoms. The Bertz CT molecular complexity index is 312. The highest BCUT2D eigenvalue weighted by atomic mass is 16.2. The number of rotatable bonds is 4. The number of carbonyl (C=O) groups is 2. The average Bonchev–Trinajstić information content (AvgIpc) is 2.25. The standard InChI is InChI=1S/C13H19NO2/c1-2-12(15)8-9-13(16)14-10-6-4-3-5-7-11-14/h2,4,6-11H2,1H3. The fraction of sp³-hybridized carbons (Fsp3) is 0.692. The van der Waals surface area contributed by atoms with Crippen LogP contribution in [0, 0.1) is 11.8 Å². The predicted molar refractivity (Wildman–Crippen MR) is 62.7 cm³/mol. The lowest BCUT2D eigenvalue weighted by atomic mass is 10.1. The van der Waals surface area contributed by atoms with Crippen molar-refractivity contribution in [2.45, 2.75) is 45.4 Å². The van der Waals surface area contributed by atoms with E-state index in [2.05, 4.69) is 11.8 Å². The molecule has 88 valence electrons. The highest BCUT2D eigenvalue weighted by Gasteiger charge is 2.14. The largest absolute Gasteiger partial charge is 0.342 e. The van der Waals surface area contributed by atoms with Crippen molar-refractivity contribution in [1.29, 1.82) is 0 Å². The first kappa shape index (κ1) is 12.8. The number of amides is 1. The van der Waals surface area contributed by atoms with E-state index >= 15 is 0 Å². The van der Waals surface area contributed by atoms with Crippen LogP contribution in [0.5, 0.6) is 0 Å². The number of carbonyl (C=O) groups excluding carboxylic acids is 2. The minimum atomic E-state index is 0.102. The zero-order valence-corrected chi connectivity index (χ0v) is 9.92. The van der Waals surface area contributed by atoms with Crippen molar-refractivity contribution in [1.82, 2.24) is 4.90 Å². The number of hydrogen-bond acceptors (Lipinski definition) is 2. The van der Waals surface area contributed by atoms with E-state index in [0.29, 0.717) is 25.8 Å². The number of nitrogens with zero attached hydrogens (tertiary/aromatic N) is 1. The molecule has 1 amide bonds. The molecule has 3 nitrogen and oxygen atoms in total. The van der Waals surface area contributed by atoms with Crippen LogP contribution in [-0.4, -0.2) is 29.7 Å². The molecule has 3 heteroatoms. The Labute approximate surface area is 97.2 Å². The Morgan fingerprint density at radius 3 is 2.62 bits per heavy atom. The van der Waals surface area contributed by atoms with Crippen molar-refractivity contribution in [2.75, 3.05) is 13.1 Å². The summed E-state index contributed by atoms with van der Waals surface area (Å²) in [6.07, 6.45) is 3.85. The smallest absolute Gasteiger partial charge is 0.223 e. The van der Waals surface area contributed by atoms with E-state index in [-0.39, 0.29) is 11.7 Å².